The molecule has 0 saturated heterocycles. The second-order valence-corrected chi connectivity index (χ2v) is 5.22. The van der Waals surface area contributed by atoms with Gasteiger partial charge < -0.3 is 24.8 Å². The first-order chi connectivity index (χ1) is 11.7. The average Bonchev–Trinajstić information content (AvgIpc) is 2.58. The standard InChI is InChI=1S/C17H28FN3O3.HI/c1-14(24-16-7-5-15(18)6-8-16)13-21-17(19-2)20-9-4-10-23-12-11-22-3;/h5-8,14H,4,9-13H2,1-3H3,(H2,19,20,21);1H. The molecule has 0 spiro atoms. The van der Waals surface area contributed by atoms with Crippen molar-refractivity contribution in [3.63, 3.8) is 0 Å². The van der Waals surface area contributed by atoms with E-state index in [4.69, 9.17) is 14.2 Å². The van der Waals surface area contributed by atoms with Crippen LogP contribution in [0, 0.1) is 5.82 Å². The van der Waals surface area contributed by atoms with Gasteiger partial charge in [0.15, 0.2) is 5.96 Å². The summed E-state index contributed by atoms with van der Waals surface area (Å²) in [5, 5.41) is 6.40. The summed E-state index contributed by atoms with van der Waals surface area (Å²) in [5.41, 5.74) is 0. The molecule has 0 radical (unpaired) electrons. The third kappa shape index (κ3) is 12.0. The maximum absolute atomic E-state index is 12.9. The van der Waals surface area contributed by atoms with E-state index in [1.54, 1.807) is 26.3 Å². The molecule has 2 N–H and O–H groups in total. The lowest BCUT2D eigenvalue weighted by Crippen LogP contribution is -2.42. The molecule has 1 unspecified atom stereocenters. The highest BCUT2D eigenvalue weighted by Crippen LogP contribution is 2.12. The third-order valence-corrected chi connectivity index (χ3v) is 3.12. The summed E-state index contributed by atoms with van der Waals surface area (Å²) < 4.78 is 28.8. The van der Waals surface area contributed by atoms with Gasteiger partial charge in [-0.25, -0.2) is 4.39 Å². The Morgan fingerprint density at radius 2 is 1.88 bits per heavy atom. The lowest BCUT2D eigenvalue weighted by atomic mass is 10.3. The molecule has 0 aromatic heterocycles. The summed E-state index contributed by atoms with van der Waals surface area (Å²) in [6.45, 7) is 5.19. The molecule has 0 heterocycles. The van der Waals surface area contributed by atoms with Gasteiger partial charge in [0.05, 0.1) is 19.8 Å². The van der Waals surface area contributed by atoms with Gasteiger partial charge >= 0.3 is 0 Å². The second-order valence-electron chi connectivity index (χ2n) is 5.22. The number of aliphatic imine (C=N–C) groups is 1. The Morgan fingerprint density at radius 1 is 1.16 bits per heavy atom. The Hall–Kier alpha value is -1.13. The van der Waals surface area contributed by atoms with Crippen LogP contribution in [0.1, 0.15) is 13.3 Å². The number of nitrogens with zero attached hydrogens (tertiary/aromatic N) is 1. The Labute approximate surface area is 166 Å². The van der Waals surface area contributed by atoms with Crippen LogP contribution in [-0.2, 0) is 9.47 Å². The van der Waals surface area contributed by atoms with E-state index in [0.29, 0.717) is 38.1 Å². The van der Waals surface area contributed by atoms with E-state index >= 15 is 0 Å². The van der Waals surface area contributed by atoms with E-state index in [0.717, 1.165) is 13.0 Å². The van der Waals surface area contributed by atoms with Gasteiger partial charge in [-0.1, -0.05) is 0 Å². The first kappa shape index (κ1) is 23.9. The number of guanidine groups is 1. The zero-order valence-electron chi connectivity index (χ0n) is 15.1. The van der Waals surface area contributed by atoms with E-state index in [-0.39, 0.29) is 35.9 Å². The average molecular weight is 469 g/mol. The van der Waals surface area contributed by atoms with Crippen molar-refractivity contribution in [2.75, 3.05) is 47.1 Å². The van der Waals surface area contributed by atoms with Crippen molar-refractivity contribution in [1.82, 2.24) is 10.6 Å². The summed E-state index contributed by atoms with van der Waals surface area (Å²) in [4.78, 5) is 4.15. The van der Waals surface area contributed by atoms with Gasteiger partial charge in [-0.15, -0.1) is 24.0 Å². The van der Waals surface area contributed by atoms with Crippen molar-refractivity contribution in [1.29, 1.82) is 0 Å². The second kappa shape index (κ2) is 15.2. The number of halogens is 2. The van der Waals surface area contributed by atoms with Gasteiger partial charge in [-0.2, -0.15) is 0 Å². The van der Waals surface area contributed by atoms with Crippen molar-refractivity contribution in [3.8, 4) is 5.75 Å². The minimum atomic E-state index is -0.274. The van der Waals surface area contributed by atoms with Crippen molar-refractivity contribution in [2.24, 2.45) is 4.99 Å². The molecule has 0 aliphatic heterocycles. The van der Waals surface area contributed by atoms with Crippen LogP contribution in [0.15, 0.2) is 29.3 Å². The number of benzene rings is 1. The van der Waals surface area contributed by atoms with Crippen LogP contribution in [0.5, 0.6) is 5.75 Å². The number of rotatable bonds is 11. The number of hydrogen-bond donors (Lipinski definition) is 2. The minimum Gasteiger partial charge on any atom is -0.489 e. The number of hydrogen-bond acceptors (Lipinski definition) is 4. The highest BCUT2D eigenvalue weighted by atomic mass is 127. The smallest absolute Gasteiger partial charge is 0.191 e. The van der Waals surface area contributed by atoms with E-state index in [1.807, 2.05) is 6.92 Å². The molecule has 0 bridgehead atoms. The zero-order chi connectivity index (χ0) is 17.6. The molecule has 1 rings (SSSR count). The normalized spacial score (nSPS) is 12.2. The lowest BCUT2D eigenvalue weighted by Gasteiger charge is -2.17. The predicted molar refractivity (Wildman–Crippen MR) is 109 cm³/mol. The first-order valence-corrected chi connectivity index (χ1v) is 8.09. The van der Waals surface area contributed by atoms with Crippen LogP contribution in [0.4, 0.5) is 4.39 Å². The first-order valence-electron chi connectivity index (χ1n) is 8.09. The molecule has 0 aliphatic carbocycles. The van der Waals surface area contributed by atoms with E-state index in [2.05, 4.69) is 15.6 Å². The summed E-state index contributed by atoms with van der Waals surface area (Å²) in [7, 11) is 3.37. The van der Waals surface area contributed by atoms with Gasteiger partial charge in [0, 0.05) is 27.3 Å². The van der Waals surface area contributed by atoms with Crippen LogP contribution < -0.4 is 15.4 Å². The highest BCUT2D eigenvalue weighted by Gasteiger charge is 2.05. The van der Waals surface area contributed by atoms with Crippen LogP contribution in [-0.4, -0.2) is 59.1 Å². The maximum atomic E-state index is 12.9. The van der Waals surface area contributed by atoms with Crippen LogP contribution in [0.3, 0.4) is 0 Å². The predicted octanol–water partition coefficient (Wildman–Crippen LogP) is 2.43. The van der Waals surface area contributed by atoms with Gasteiger partial charge in [-0.3, -0.25) is 4.99 Å². The molecule has 1 aromatic rings. The Kier molecular flexibility index (Phi) is 14.5. The fourth-order valence-electron chi connectivity index (χ4n) is 1.87. The van der Waals surface area contributed by atoms with Crippen molar-refractivity contribution < 1.29 is 18.6 Å². The van der Waals surface area contributed by atoms with Gasteiger partial charge in [0.1, 0.15) is 17.7 Å². The van der Waals surface area contributed by atoms with Gasteiger partial charge in [0.2, 0.25) is 0 Å². The minimum absolute atomic E-state index is 0. The molecule has 0 aliphatic rings. The summed E-state index contributed by atoms with van der Waals surface area (Å²) >= 11 is 0. The fraction of sp³-hybridized carbons (Fsp3) is 0.588. The summed E-state index contributed by atoms with van der Waals surface area (Å²) in [6, 6.07) is 5.99. The van der Waals surface area contributed by atoms with E-state index in [9.17, 15) is 4.39 Å². The quantitative estimate of drug-likeness (QED) is 0.226. The monoisotopic (exact) mass is 469 g/mol. The highest BCUT2D eigenvalue weighted by molar-refractivity contribution is 14.0. The van der Waals surface area contributed by atoms with Crippen LogP contribution in [0.25, 0.3) is 0 Å². The molecule has 8 heteroatoms. The van der Waals surface area contributed by atoms with Crippen LogP contribution in [0.2, 0.25) is 0 Å². The molecule has 1 atom stereocenters. The molecule has 0 fully saturated rings. The Balaban J connectivity index is 0.00000576. The number of methoxy groups -OCH3 is 1. The Bertz CT molecular complexity index is 475. The van der Waals surface area contributed by atoms with Gasteiger partial charge in [-0.05, 0) is 37.6 Å². The molecular formula is C17H29FIN3O3. The molecule has 25 heavy (non-hydrogen) atoms. The SMILES string of the molecule is CN=C(NCCCOCCOC)NCC(C)Oc1ccc(F)cc1.I. The lowest BCUT2D eigenvalue weighted by molar-refractivity contribution is 0.0698. The van der Waals surface area contributed by atoms with Gasteiger partial charge in [0.25, 0.3) is 0 Å². The Morgan fingerprint density at radius 3 is 2.52 bits per heavy atom. The fourth-order valence-corrected chi connectivity index (χ4v) is 1.87. The molecule has 144 valence electrons. The summed E-state index contributed by atoms with van der Waals surface area (Å²) in [5.74, 6) is 1.08. The third-order valence-electron chi connectivity index (χ3n) is 3.12. The largest absolute Gasteiger partial charge is 0.489 e. The van der Waals surface area contributed by atoms with Crippen molar-refractivity contribution in [2.45, 2.75) is 19.4 Å². The van der Waals surface area contributed by atoms with Crippen LogP contribution >= 0.6 is 24.0 Å². The summed E-state index contributed by atoms with van der Waals surface area (Å²) in [6.07, 6.45) is 0.804. The van der Waals surface area contributed by atoms with E-state index < -0.39 is 0 Å². The zero-order valence-corrected chi connectivity index (χ0v) is 17.4. The number of ether oxygens (including phenoxy) is 3. The van der Waals surface area contributed by atoms with Crippen molar-refractivity contribution >= 4 is 29.9 Å². The molecule has 0 amide bonds. The molecule has 1 aromatic carbocycles. The maximum Gasteiger partial charge on any atom is 0.191 e. The molecular weight excluding hydrogens is 440 g/mol. The topological polar surface area (TPSA) is 64.1 Å². The molecule has 0 saturated carbocycles. The van der Waals surface area contributed by atoms with E-state index in [1.165, 1.54) is 12.1 Å². The number of nitrogens with one attached hydrogen (secondary N) is 2. The molecule has 6 nitrogen and oxygen atoms in total. The van der Waals surface area contributed by atoms with Crippen molar-refractivity contribution in [3.05, 3.63) is 30.1 Å².